The molecule has 0 N–H and O–H groups in total. The molecule has 2 saturated heterocycles. The first kappa shape index (κ1) is 24.6. The van der Waals surface area contributed by atoms with Crippen LogP contribution in [0, 0.1) is 11.7 Å². The topological polar surface area (TPSA) is 118 Å². The second kappa shape index (κ2) is 9.44. The summed E-state index contributed by atoms with van der Waals surface area (Å²) in [5, 5.41) is 0. The Balaban J connectivity index is 1.54. The first-order chi connectivity index (χ1) is 14.9. The van der Waals surface area contributed by atoms with Crippen LogP contribution in [0.2, 0.25) is 0 Å². The third-order valence-electron chi connectivity index (χ3n) is 5.99. The molecule has 0 radical (unpaired) electrons. The maximum atomic E-state index is 13.9. The molecule has 1 aromatic carbocycles. The molecule has 0 bridgehead atoms. The smallest absolute Gasteiger partial charge is 0.309 e. The summed E-state index contributed by atoms with van der Waals surface area (Å²) in [7, 11) is -5.68. The van der Waals surface area contributed by atoms with Gasteiger partial charge in [0.2, 0.25) is 10.0 Å². The van der Waals surface area contributed by atoms with E-state index < -0.39 is 60.5 Å². The van der Waals surface area contributed by atoms with Gasteiger partial charge in [0.15, 0.2) is 15.9 Å². The van der Waals surface area contributed by atoms with Crippen molar-refractivity contribution >= 4 is 31.7 Å². The molecule has 2 aliphatic heterocycles. The molecule has 9 nitrogen and oxygen atoms in total. The summed E-state index contributed by atoms with van der Waals surface area (Å²) < 4.78 is 69.0. The fourth-order valence-corrected chi connectivity index (χ4v) is 7.30. The van der Waals surface area contributed by atoms with Crippen LogP contribution in [0.25, 0.3) is 0 Å². The molecule has 0 aromatic heterocycles. The van der Waals surface area contributed by atoms with Crippen LogP contribution in [0.4, 0.5) is 4.39 Å². The first-order valence-electron chi connectivity index (χ1n) is 10.3. The van der Waals surface area contributed by atoms with Crippen molar-refractivity contribution in [3.05, 3.63) is 30.1 Å². The van der Waals surface area contributed by atoms with Gasteiger partial charge in [0.25, 0.3) is 5.91 Å². The summed E-state index contributed by atoms with van der Waals surface area (Å²) in [5.41, 5.74) is 0. The number of carbonyl (C=O) groups excluding carboxylic acids is 2. The number of ether oxygens (including phenoxy) is 1. The molecule has 32 heavy (non-hydrogen) atoms. The molecular formula is C20H27FN2O7S2. The number of sulfone groups is 1. The number of sulfonamides is 1. The second-order valence-corrected chi connectivity index (χ2v) is 12.3. The zero-order chi connectivity index (χ0) is 23.7. The van der Waals surface area contributed by atoms with Gasteiger partial charge in [-0.15, -0.1) is 0 Å². The van der Waals surface area contributed by atoms with Crippen LogP contribution in [0.3, 0.4) is 0 Å². The molecular weight excluding hydrogens is 463 g/mol. The summed E-state index contributed by atoms with van der Waals surface area (Å²) in [6, 6.07) is 4.68. The molecule has 1 amide bonds. The van der Waals surface area contributed by atoms with Crippen molar-refractivity contribution in [1.82, 2.24) is 9.21 Å². The van der Waals surface area contributed by atoms with Gasteiger partial charge in [0.1, 0.15) is 10.7 Å². The number of esters is 1. The van der Waals surface area contributed by atoms with Gasteiger partial charge in [0, 0.05) is 26.2 Å². The van der Waals surface area contributed by atoms with Crippen LogP contribution in [0.5, 0.6) is 0 Å². The van der Waals surface area contributed by atoms with E-state index in [0.717, 1.165) is 10.4 Å². The lowest BCUT2D eigenvalue weighted by atomic mass is 9.98. The molecule has 0 saturated carbocycles. The van der Waals surface area contributed by atoms with Gasteiger partial charge in [-0.25, -0.2) is 21.2 Å². The van der Waals surface area contributed by atoms with Gasteiger partial charge in [0.05, 0.1) is 17.4 Å². The molecule has 12 heteroatoms. The lowest BCUT2D eigenvalue weighted by Gasteiger charge is -2.31. The Morgan fingerprint density at radius 2 is 1.81 bits per heavy atom. The van der Waals surface area contributed by atoms with Crippen molar-refractivity contribution in [2.45, 2.75) is 43.2 Å². The lowest BCUT2D eigenvalue weighted by Crippen LogP contribution is -2.45. The van der Waals surface area contributed by atoms with Crippen LogP contribution < -0.4 is 0 Å². The Morgan fingerprint density at radius 3 is 2.38 bits per heavy atom. The highest BCUT2D eigenvalue weighted by Gasteiger charge is 2.37. The summed E-state index contributed by atoms with van der Waals surface area (Å²) in [6.45, 7) is 1.48. The molecule has 2 heterocycles. The Hall–Kier alpha value is -2.05. The Bertz CT molecular complexity index is 1080. The standard InChI is InChI=1S/C20H27FN2O7S2/c1-14(19(24)22(2)16-9-12-31(26,27)13-16)30-20(25)15-7-10-23(11-8-15)32(28,29)18-6-4-3-5-17(18)21/h3-6,14-16H,7-13H2,1-2H3. The maximum absolute atomic E-state index is 13.9. The fourth-order valence-electron chi connectivity index (χ4n) is 3.99. The van der Waals surface area contributed by atoms with E-state index in [0.29, 0.717) is 6.42 Å². The number of nitrogens with zero attached hydrogens (tertiary/aromatic N) is 2. The number of amides is 1. The van der Waals surface area contributed by atoms with E-state index in [1.165, 1.54) is 37.1 Å². The molecule has 1 aromatic rings. The van der Waals surface area contributed by atoms with Crippen molar-refractivity contribution in [3.63, 3.8) is 0 Å². The molecule has 2 atom stereocenters. The van der Waals surface area contributed by atoms with Crippen LogP contribution >= 0.6 is 0 Å². The average molecular weight is 491 g/mol. The van der Waals surface area contributed by atoms with E-state index in [9.17, 15) is 30.8 Å². The van der Waals surface area contributed by atoms with E-state index >= 15 is 0 Å². The summed E-state index contributed by atoms with van der Waals surface area (Å²) in [5.74, 6) is -2.60. The van der Waals surface area contributed by atoms with Gasteiger partial charge in [-0.05, 0) is 38.3 Å². The lowest BCUT2D eigenvalue weighted by molar-refractivity contribution is -0.163. The van der Waals surface area contributed by atoms with Gasteiger partial charge >= 0.3 is 5.97 Å². The second-order valence-electron chi connectivity index (χ2n) is 8.19. The van der Waals surface area contributed by atoms with Crippen molar-refractivity contribution in [2.24, 2.45) is 5.92 Å². The van der Waals surface area contributed by atoms with Crippen LogP contribution in [-0.2, 0) is 34.2 Å². The predicted octanol–water partition coefficient (Wildman–Crippen LogP) is 0.804. The zero-order valence-corrected chi connectivity index (χ0v) is 19.6. The first-order valence-corrected chi connectivity index (χ1v) is 13.6. The van der Waals surface area contributed by atoms with Crippen molar-refractivity contribution in [1.29, 1.82) is 0 Å². The maximum Gasteiger partial charge on any atom is 0.309 e. The number of piperidine rings is 1. The molecule has 0 aliphatic carbocycles. The van der Waals surface area contributed by atoms with Crippen molar-refractivity contribution in [2.75, 3.05) is 31.6 Å². The molecule has 2 unspecified atom stereocenters. The van der Waals surface area contributed by atoms with E-state index in [4.69, 9.17) is 4.74 Å². The van der Waals surface area contributed by atoms with Crippen molar-refractivity contribution < 1.29 is 35.6 Å². The Morgan fingerprint density at radius 1 is 1.19 bits per heavy atom. The number of benzene rings is 1. The quantitative estimate of drug-likeness (QED) is 0.541. The minimum atomic E-state index is -4.01. The Labute approximate surface area is 187 Å². The summed E-state index contributed by atoms with van der Waals surface area (Å²) in [6.07, 6.45) is -0.370. The minimum absolute atomic E-state index is 0.0256. The van der Waals surface area contributed by atoms with Crippen LogP contribution in [0.1, 0.15) is 26.2 Å². The number of carbonyl (C=O) groups is 2. The SMILES string of the molecule is CC(OC(=O)C1CCN(S(=O)(=O)c2ccccc2F)CC1)C(=O)N(C)C1CCS(=O)(=O)C1. The van der Waals surface area contributed by atoms with Crippen molar-refractivity contribution in [3.8, 4) is 0 Å². The normalized spacial score (nSPS) is 22.9. The highest BCUT2D eigenvalue weighted by Crippen LogP contribution is 2.26. The van der Waals surface area contributed by atoms with E-state index in [1.54, 1.807) is 0 Å². The van der Waals surface area contributed by atoms with Gasteiger partial charge in [-0.2, -0.15) is 4.31 Å². The average Bonchev–Trinajstić information content (AvgIpc) is 3.12. The summed E-state index contributed by atoms with van der Waals surface area (Å²) >= 11 is 0. The Kier molecular flexibility index (Phi) is 7.25. The molecule has 0 spiro atoms. The van der Waals surface area contributed by atoms with Crippen LogP contribution in [0.15, 0.2) is 29.2 Å². The van der Waals surface area contributed by atoms with E-state index in [-0.39, 0.29) is 37.4 Å². The highest BCUT2D eigenvalue weighted by atomic mass is 32.2. The zero-order valence-electron chi connectivity index (χ0n) is 17.9. The molecule has 2 fully saturated rings. The van der Waals surface area contributed by atoms with Gasteiger partial charge in [-0.1, -0.05) is 12.1 Å². The molecule has 3 rings (SSSR count). The fraction of sp³-hybridized carbons (Fsp3) is 0.600. The van der Waals surface area contributed by atoms with Gasteiger partial charge in [-0.3, -0.25) is 9.59 Å². The number of rotatable bonds is 6. The number of hydrogen-bond acceptors (Lipinski definition) is 7. The van der Waals surface area contributed by atoms with Gasteiger partial charge < -0.3 is 9.64 Å². The third-order valence-corrected chi connectivity index (χ3v) is 9.67. The monoisotopic (exact) mass is 490 g/mol. The number of hydrogen-bond donors (Lipinski definition) is 0. The largest absolute Gasteiger partial charge is 0.452 e. The number of halogens is 1. The summed E-state index contributed by atoms with van der Waals surface area (Å²) in [4.78, 5) is 26.0. The molecule has 2 aliphatic rings. The third kappa shape index (κ3) is 5.29. The minimum Gasteiger partial charge on any atom is -0.452 e. The van der Waals surface area contributed by atoms with E-state index in [2.05, 4.69) is 0 Å². The number of likely N-dealkylation sites (N-methyl/N-ethyl adjacent to an activating group) is 1. The van der Waals surface area contributed by atoms with Crippen LogP contribution in [-0.4, -0.2) is 81.7 Å². The predicted molar refractivity (Wildman–Crippen MR) is 113 cm³/mol. The van der Waals surface area contributed by atoms with E-state index in [1.807, 2.05) is 0 Å². The molecule has 178 valence electrons. The highest BCUT2D eigenvalue weighted by molar-refractivity contribution is 7.91.